The molecule has 0 aliphatic carbocycles. The summed E-state index contributed by atoms with van der Waals surface area (Å²) in [6.45, 7) is 7.79. The van der Waals surface area contributed by atoms with Crippen molar-refractivity contribution >= 4 is 11.3 Å². The minimum atomic E-state index is -1.22. The Morgan fingerprint density at radius 1 is 1.30 bits per heavy atom. The van der Waals surface area contributed by atoms with Crippen molar-refractivity contribution in [1.82, 2.24) is 4.31 Å². The van der Waals surface area contributed by atoms with Crippen molar-refractivity contribution in [2.75, 3.05) is 19.7 Å². The summed E-state index contributed by atoms with van der Waals surface area (Å²) in [6.07, 6.45) is 0. The predicted octanol–water partition coefficient (Wildman–Crippen LogP) is 0.943. The van der Waals surface area contributed by atoms with Gasteiger partial charge in [0, 0.05) is 13.1 Å². The van der Waals surface area contributed by atoms with Gasteiger partial charge in [-0.1, -0.05) is 13.8 Å². The molecule has 1 unspecified atom stereocenters. The molecule has 1 atom stereocenters. The lowest BCUT2D eigenvalue weighted by molar-refractivity contribution is 0.325. The highest BCUT2D eigenvalue weighted by Crippen LogP contribution is 1.95. The predicted molar refractivity (Wildman–Crippen MR) is 42.7 cm³/mol. The fourth-order valence-corrected chi connectivity index (χ4v) is 1.38. The van der Waals surface area contributed by atoms with Gasteiger partial charge in [0.15, 0.2) is 0 Å². The van der Waals surface area contributed by atoms with Crippen LogP contribution in [0.4, 0.5) is 0 Å². The average molecular weight is 165 g/mol. The first kappa shape index (κ1) is 10.1. The highest BCUT2D eigenvalue weighted by atomic mass is 32.2. The topological polar surface area (TPSA) is 29.5 Å². The van der Waals surface area contributed by atoms with E-state index in [9.17, 15) is 4.21 Å². The summed E-state index contributed by atoms with van der Waals surface area (Å²) in [6, 6.07) is 0. The van der Waals surface area contributed by atoms with Crippen LogP contribution in [0.2, 0.25) is 0 Å². The van der Waals surface area contributed by atoms with Crippen LogP contribution >= 0.6 is 0 Å². The van der Waals surface area contributed by atoms with Crippen molar-refractivity contribution in [3.05, 3.63) is 0 Å². The van der Waals surface area contributed by atoms with E-state index in [-0.39, 0.29) is 0 Å². The number of hydrogen-bond acceptors (Lipinski definition) is 2. The minimum Gasteiger partial charge on any atom is -0.278 e. The van der Waals surface area contributed by atoms with E-state index in [1.165, 1.54) is 0 Å². The fraction of sp³-hybridized carbons (Fsp3) is 1.00. The Hall–Kier alpha value is 0.0700. The summed E-state index contributed by atoms with van der Waals surface area (Å²) in [5, 5.41) is 0. The molecule has 0 fully saturated rings. The molecule has 0 aliphatic rings. The molecule has 0 heterocycles. The van der Waals surface area contributed by atoms with Gasteiger partial charge in [0.2, 0.25) is 11.3 Å². The molecule has 4 heteroatoms. The zero-order valence-electron chi connectivity index (χ0n) is 6.79. The third-order valence-corrected chi connectivity index (χ3v) is 2.51. The fourth-order valence-electron chi connectivity index (χ4n) is 0.610. The third kappa shape index (κ3) is 3.29. The monoisotopic (exact) mass is 165 g/mol. The smallest absolute Gasteiger partial charge is 0.237 e. The lowest BCUT2D eigenvalue weighted by atomic mass is 10.7. The second kappa shape index (κ2) is 5.82. The SMILES string of the molecule is CCOS(=O)N(CC)CC. The molecule has 0 N–H and O–H groups in total. The van der Waals surface area contributed by atoms with Crippen LogP contribution in [0.25, 0.3) is 0 Å². The molecule has 0 saturated heterocycles. The minimum absolute atomic E-state index is 0.503. The van der Waals surface area contributed by atoms with Crippen LogP contribution < -0.4 is 0 Å². The van der Waals surface area contributed by atoms with Gasteiger partial charge in [0.25, 0.3) is 0 Å². The Kier molecular flexibility index (Phi) is 5.87. The lowest BCUT2D eigenvalue weighted by Crippen LogP contribution is -2.26. The molecule has 62 valence electrons. The molecule has 3 nitrogen and oxygen atoms in total. The van der Waals surface area contributed by atoms with Crippen LogP contribution in [0.1, 0.15) is 20.8 Å². The molecule has 0 radical (unpaired) electrons. The lowest BCUT2D eigenvalue weighted by Gasteiger charge is -2.14. The molecule has 0 aliphatic heterocycles. The maximum atomic E-state index is 11.0. The van der Waals surface area contributed by atoms with E-state index in [1.54, 1.807) is 4.31 Å². The standard InChI is InChI=1S/C6H15NO2S/c1-4-7(5-2)10(8)9-6-3/h4-6H2,1-3H3. The molecule has 0 aromatic heterocycles. The Bertz CT molecular complexity index is 104. The highest BCUT2D eigenvalue weighted by molar-refractivity contribution is 7.77. The molecule has 0 spiro atoms. The molecule has 0 amide bonds. The van der Waals surface area contributed by atoms with Crippen molar-refractivity contribution < 1.29 is 8.39 Å². The Labute approximate surface area is 65.2 Å². The van der Waals surface area contributed by atoms with Gasteiger partial charge < -0.3 is 0 Å². The maximum Gasteiger partial charge on any atom is 0.237 e. The van der Waals surface area contributed by atoms with Crippen LogP contribution in [0.3, 0.4) is 0 Å². The summed E-state index contributed by atoms with van der Waals surface area (Å²) in [4.78, 5) is 0. The van der Waals surface area contributed by atoms with E-state index in [0.29, 0.717) is 6.61 Å². The van der Waals surface area contributed by atoms with E-state index >= 15 is 0 Å². The van der Waals surface area contributed by atoms with E-state index in [1.807, 2.05) is 20.8 Å². The Morgan fingerprint density at radius 2 is 1.80 bits per heavy atom. The van der Waals surface area contributed by atoms with Gasteiger partial charge in [-0.3, -0.25) is 4.18 Å². The second-order valence-corrected chi connectivity index (χ2v) is 2.92. The summed E-state index contributed by atoms with van der Waals surface area (Å²) in [5.41, 5.74) is 0. The largest absolute Gasteiger partial charge is 0.278 e. The third-order valence-electron chi connectivity index (χ3n) is 1.13. The zero-order valence-corrected chi connectivity index (χ0v) is 7.61. The van der Waals surface area contributed by atoms with Gasteiger partial charge in [0.1, 0.15) is 0 Å². The molecule has 0 saturated carbocycles. The first-order valence-electron chi connectivity index (χ1n) is 3.56. The van der Waals surface area contributed by atoms with E-state index in [2.05, 4.69) is 0 Å². The maximum absolute atomic E-state index is 11.0. The average Bonchev–Trinajstić information content (AvgIpc) is 1.91. The molecule has 0 aromatic rings. The van der Waals surface area contributed by atoms with Gasteiger partial charge in [-0.15, -0.1) is 0 Å². The highest BCUT2D eigenvalue weighted by Gasteiger charge is 2.06. The van der Waals surface area contributed by atoms with Gasteiger partial charge >= 0.3 is 0 Å². The van der Waals surface area contributed by atoms with Crippen LogP contribution in [0, 0.1) is 0 Å². The van der Waals surface area contributed by atoms with Gasteiger partial charge in [-0.25, -0.2) is 8.51 Å². The van der Waals surface area contributed by atoms with Gasteiger partial charge in [0.05, 0.1) is 6.61 Å². The quantitative estimate of drug-likeness (QED) is 0.607. The van der Waals surface area contributed by atoms with E-state index in [0.717, 1.165) is 13.1 Å². The zero-order chi connectivity index (χ0) is 7.98. The van der Waals surface area contributed by atoms with E-state index < -0.39 is 11.3 Å². The van der Waals surface area contributed by atoms with Gasteiger partial charge in [-0.2, -0.15) is 0 Å². The molecule has 0 bridgehead atoms. The molecular formula is C6H15NO2S. The summed E-state index contributed by atoms with van der Waals surface area (Å²) >= 11 is -1.22. The number of nitrogens with zero attached hydrogens (tertiary/aromatic N) is 1. The van der Waals surface area contributed by atoms with Crippen LogP contribution in [0.5, 0.6) is 0 Å². The van der Waals surface area contributed by atoms with Crippen molar-refractivity contribution in [2.24, 2.45) is 0 Å². The first-order valence-corrected chi connectivity index (χ1v) is 4.59. The van der Waals surface area contributed by atoms with Crippen LogP contribution in [-0.2, 0) is 15.4 Å². The molecule has 10 heavy (non-hydrogen) atoms. The summed E-state index contributed by atoms with van der Waals surface area (Å²) in [7, 11) is 0. The van der Waals surface area contributed by atoms with Crippen LogP contribution in [0.15, 0.2) is 0 Å². The normalized spacial score (nSPS) is 14.0. The Morgan fingerprint density at radius 3 is 2.10 bits per heavy atom. The number of rotatable bonds is 5. The van der Waals surface area contributed by atoms with Crippen molar-refractivity contribution in [3.63, 3.8) is 0 Å². The second-order valence-electron chi connectivity index (χ2n) is 1.74. The Balaban J connectivity index is 3.65. The molecule has 0 rings (SSSR count). The summed E-state index contributed by atoms with van der Waals surface area (Å²) in [5.74, 6) is 0. The first-order chi connectivity index (χ1) is 4.76. The van der Waals surface area contributed by atoms with E-state index in [4.69, 9.17) is 4.18 Å². The van der Waals surface area contributed by atoms with Crippen molar-refractivity contribution in [1.29, 1.82) is 0 Å². The number of hydrogen-bond donors (Lipinski definition) is 0. The summed E-state index contributed by atoms with van der Waals surface area (Å²) < 4.78 is 17.7. The van der Waals surface area contributed by atoms with Gasteiger partial charge in [-0.05, 0) is 6.92 Å². The van der Waals surface area contributed by atoms with Crippen molar-refractivity contribution in [2.45, 2.75) is 20.8 Å². The van der Waals surface area contributed by atoms with Crippen molar-refractivity contribution in [3.8, 4) is 0 Å². The molecule has 0 aromatic carbocycles. The molecular weight excluding hydrogens is 150 g/mol. The van der Waals surface area contributed by atoms with Crippen LogP contribution in [-0.4, -0.2) is 28.2 Å².